The highest BCUT2D eigenvalue weighted by Gasteiger charge is 2.17. The first kappa shape index (κ1) is 17.8. The van der Waals surface area contributed by atoms with Crippen molar-refractivity contribution in [2.75, 3.05) is 39.6 Å². The maximum absolute atomic E-state index is 12.0. The molecule has 2 aromatic rings. The number of hydrogen-bond donors (Lipinski definition) is 2. The molecule has 0 aromatic carbocycles. The lowest BCUT2D eigenvalue weighted by Crippen LogP contribution is -2.40. The maximum Gasteiger partial charge on any atom is 0.315 e. The Bertz CT molecular complexity index is 640. The van der Waals surface area contributed by atoms with Crippen molar-refractivity contribution in [3.8, 4) is 0 Å². The van der Waals surface area contributed by atoms with Gasteiger partial charge in [0.2, 0.25) is 0 Å². The van der Waals surface area contributed by atoms with Crippen LogP contribution in [-0.2, 0) is 6.54 Å². The summed E-state index contributed by atoms with van der Waals surface area (Å²) in [7, 11) is 7.77. The normalized spacial score (nSPS) is 12.0. The Labute approximate surface area is 142 Å². The average Bonchev–Trinajstić information content (AvgIpc) is 3.07. The monoisotopic (exact) mass is 331 g/mol. The van der Waals surface area contributed by atoms with Crippen LogP contribution in [0.15, 0.2) is 41.1 Å². The van der Waals surface area contributed by atoms with Gasteiger partial charge in [-0.3, -0.25) is 4.90 Å². The van der Waals surface area contributed by atoms with E-state index < -0.39 is 0 Å². The molecule has 7 nitrogen and oxygen atoms in total. The second-order valence-corrected chi connectivity index (χ2v) is 5.98. The SMILES string of the molecule is CN(C)c1cc(CNC(=O)NC[C@H](c2ccco2)N(C)C)ccn1. The van der Waals surface area contributed by atoms with Crippen molar-refractivity contribution in [3.05, 3.63) is 48.0 Å². The van der Waals surface area contributed by atoms with Gasteiger partial charge in [0.15, 0.2) is 0 Å². The van der Waals surface area contributed by atoms with Crippen LogP contribution < -0.4 is 15.5 Å². The summed E-state index contributed by atoms with van der Waals surface area (Å²) < 4.78 is 5.43. The Hall–Kier alpha value is -2.54. The predicted octanol–water partition coefficient (Wildman–Crippen LogP) is 1.84. The van der Waals surface area contributed by atoms with Crippen LogP contribution in [0.3, 0.4) is 0 Å². The van der Waals surface area contributed by atoms with E-state index in [2.05, 4.69) is 15.6 Å². The van der Waals surface area contributed by atoms with Gasteiger partial charge in [0.05, 0.1) is 12.3 Å². The molecule has 2 heterocycles. The number of rotatable bonds is 7. The van der Waals surface area contributed by atoms with Gasteiger partial charge in [-0.2, -0.15) is 0 Å². The highest BCUT2D eigenvalue weighted by atomic mass is 16.3. The molecule has 0 bridgehead atoms. The second-order valence-electron chi connectivity index (χ2n) is 5.98. The number of furan rings is 1. The van der Waals surface area contributed by atoms with E-state index in [0.29, 0.717) is 13.1 Å². The van der Waals surface area contributed by atoms with Crippen molar-refractivity contribution in [2.45, 2.75) is 12.6 Å². The molecule has 1 atom stereocenters. The van der Waals surface area contributed by atoms with E-state index >= 15 is 0 Å². The van der Waals surface area contributed by atoms with Crippen LogP contribution in [-0.4, -0.2) is 50.7 Å². The van der Waals surface area contributed by atoms with E-state index in [1.165, 1.54) is 0 Å². The highest BCUT2D eigenvalue weighted by molar-refractivity contribution is 5.73. The van der Waals surface area contributed by atoms with Crippen molar-refractivity contribution in [1.82, 2.24) is 20.5 Å². The number of likely N-dealkylation sites (N-methyl/N-ethyl adjacent to an activating group) is 1. The number of aromatic nitrogens is 1. The van der Waals surface area contributed by atoms with Gasteiger partial charge in [0.1, 0.15) is 11.6 Å². The third-order valence-corrected chi connectivity index (χ3v) is 3.67. The lowest BCUT2D eigenvalue weighted by atomic mass is 10.2. The van der Waals surface area contributed by atoms with E-state index in [4.69, 9.17) is 4.42 Å². The molecule has 2 N–H and O–H groups in total. The Morgan fingerprint density at radius 3 is 2.67 bits per heavy atom. The summed E-state index contributed by atoms with van der Waals surface area (Å²) in [6.07, 6.45) is 3.38. The summed E-state index contributed by atoms with van der Waals surface area (Å²) in [5.41, 5.74) is 0.999. The zero-order valence-electron chi connectivity index (χ0n) is 14.6. The summed E-state index contributed by atoms with van der Waals surface area (Å²) >= 11 is 0. The number of nitrogens with zero attached hydrogens (tertiary/aromatic N) is 3. The summed E-state index contributed by atoms with van der Waals surface area (Å²) in [6, 6.07) is 7.37. The molecule has 0 saturated heterocycles. The van der Waals surface area contributed by atoms with Gasteiger partial charge in [0, 0.05) is 33.4 Å². The minimum absolute atomic E-state index is 0.00739. The van der Waals surface area contributed by atoms with Gasteiger partial charge in [-0.1, -0.05) is 0 Å². The molecule has 2 aromatic heterocycles. The van der Waals surface area contributed by atoms with E-state index in [0.717, 1.165) is 17.1 Å². The minimum Gasteiger partial charge on any atom is -0.468 e. The van der Waals surface area contributed by atoms with Crippen LogP contribution in [0.25, 0.3) is 0 Å². The molecular weight excluding hydrogens is 306 g/mol. The number of anilines is 1. The number of carbonyl (C=O) groups is 1. The Kier molecular flexibility index (Phi) is 6.20. The first-order chi connectivity index (χ1) is 11.5. The summed E-state index contributed by atoms with van der Waals surface area (Å²) in [4.78, 5) is 20.2. The molecule has 2 rings (SSSR count). The lowest BCUT2D eigenvalue weighted by molar-refractivity contribution is 0.225. The van der Waals surface area contributed by atoms with Crippen molar-refractivity contribution in [1.29, 1.82) is 0 Å². The summed E-state index contributed by atoms with van der Waals surface area (Å²) in [5.74, 6) is 1.69. The molecule has 0 fully saturated rings. The molecule has 0 radical (unpaired) electrons. The van der Waals surface area contributed by atoms with E-state index in [1.807, 2.05) is 62.3 Å². The Morgan fingerprint density at radius 1 is 1.25 bits per heavy atom. The van der Waals surface area contributed by atoms with Crippen LogP contribution in [0.1, 0.15) is 17.4 Å². The first-order valence-corrected chi connectivity index (χ1v) is 7.81. The zero-order valence-corrected chi connectivity index (χ0v) is 14.6. The summed E-state index contributed by atoms with van der Waals surface area (Å²) in [5, 5.41) is 5.74. The second kappa shape index (κ2) is 8.35. The fourth-order valence-electron chi connectivity index (χ4n) is 2.27. The number of carbonyl (C=O) groups excluding carboxylic acids is 1. The standard InChI is InChI=1S/C17H25N5O2/c1-21(2)14(15-6-5-9-24-15)12-20-17(23)19-11-13-7-8-18-16(10-13)22(3)4/h5-10,14H,11-12H2,1-4H3,(H2,19,20,23)/t14-/m1/s1. The predicted molar refractivity (Wildman–Crippen MR) is 93.9 cm³/mol. The van der Waals surface area contributed by atoms with Gasteiger partial charge >= 0.3 is 6.03 Å². The molecule has 0 unspecified atom stereocenters. The smallest absolute Gasteiger partial charge is 0.315 e. The molecule has 0 aliphatic heterocycles. The molecule has 0 aliphatic carbocycles. The van der Waals surface area contributed by atoms with Crippen LogP contribution in [0.5, 0.6) is 0 Å². The fraction of sp³-hybridized carbons (Fsp3) is 0.412. The van der Waals surface area contributed by atoms with Gasteiger partial charge < -0.3 is 20.0 Å². The van der Waals surface area contributed by atoms with Crippen LogP contribution in [0.4, 0.5) is 10.6 Å². The highest BCUT2D eigenvalue weighted by Crippen LogP contribution is 2.17. The van der Waals surface area contributed by atoms with Crippen molar-refractivity contribution in [3.63, 3.8) is 0 Å². The fourth-order valence-corrected chi connectivity index (χ4v) is 2.27. The van der Waals surface area contributed by atoms with Gasteiger partial charge in [-0.05, 0) is 43.9 Å². The Balaban J connectivity index is 1.84. The number of hydrogen-bond acceptors (Lipinski definition) is 5. The number of nitrogens with one attached hydrogen (secondary N) is 2. The third kappa shape index (κ3) is 4.99. The molecule has 2 amide bonds. The van der Waals surface area contributed by atoms with Crippen LogP contribution >= 0.6 is 0 Å². The third-order valence-electron chi connectivity index (χ3n) is 3.67. The molecule has 130 valence electrons. The zero-order chi connectivity index (χ0) is 17.5. The van der Waals surface area contributed by atoms with Gasteiger partial charge in [-0.25, -0.2) is 9.78 Å². The average molecular weight is 331 g/mol. The van der Waals surface area contributed by atoms with Crippen molar-refractivity contribution in [2.24, 2.45) is 0 Å². The van der Waals surface area contributed by atoms with E-state index in [9.17, 15) is 4.79 Å². The Morgan fingerprint density at radius 2 is 2.04 bits per heavy atom. The largest absolute Gasteiger partial charge is 0.468 e. The number of amides is 2. The van der Waals surface area contributed by atoms with Crippen LogP contribution in [0.2, 0.25) is 0 Å². The van der Waals surface area contributed by atoms with Gasteiger partial charge in [-0.15, -0.1) is 0 Å². The molecule has 0 spiro atoms. The maximum atomic E-state index is 12.0. The lowest BCUT2D eigenvalue weighted by Gasteiger charge is -2.22. The van der Waals surface area contributed by atoms with E-state index in [-0.39, 0.29) is 12.1 Å². The molecule has 24 heavy (non-hydrogen) atoms. The van der Waals surface area contributed by atoms with Crippen LogP contribution in [0, 0.1) is 0 Å². The molecular formula is C17H25N5O2. The van der Waals surface area contributed by atoms with Crippen molar-refractivity contribution >= 4 is 11.8 Å². The minimum atomic E-state index is -0.211. The van der Waals surface area contributed by atoms with Gasteiger partial charge in [0.25, 0.3) is 0 Å². The summed E-state index contributed by atoms with van der Waals surface area (Å²) in [6.45, 7) is 0.911. The van der Waals surface area contributed by atoms with E-state index in [1.54, 1.807) is 12.5 Å². The number of pyridine rings is 1. The first-order valence-electron chi connectivity index (χ1n) is 7.81. The quantitative estimate of drug-likeness (QED) is 0.810. The topological polar surface area (TPSA) is 73.6 Å². The molecule has 0 aliphatic rings. The molecule has 0 saturated carbocycles. The van der Waals surface area contributed by atoms with Crippen molar-refractivity contribution < 1.29 is 9.21 Å². The number of urea groups is 1. The molecule has 7 heteroatoms.